The highest BCUT2D eigenvalue weighted by Crippen LogP contribution is 2.17. The molecule has 0 amide bonds. The maximum absolute atomic E-state index is 9.11. The summed E-state index contributed by atoms with van der Waals surface area (Å²) in [6.07, 6.45) is 0.701. The van der Waals surface area contributed by atoms with E-state index in [9.17, 15) is 0 Å². The minimum atomic E-state index is 0.215. The van der Waals surface area contributed by atoms with Gasteiger partial charge in [0.1, 0.15) is 10.9 Å². The van der Waals surface area contributed by atoms with E-state index in [1.807, 2.05) is 6.92 Å². The molecule has 1 rings (SSSR count). The van der Waals surface area contributed by atoms with Gasteiger partial charge in [0.05, 0.1) is 5.69 Å². The number of pyridine rings is 1. The van der Waals surface area contributed by atoms with Crippen molar-refractivity contribution in [3.05, 3.63) is 23.0 Å². The molecule has 0 bridgehead atoms. The Morgan fingerprint density at radius 1 is 1.60 bits per heavy atom. The highest BCUT2D eigenvalue weighted by molar-refractivity contribution is 6.29. The molecule has 54 valence electrons. The largest absolute Gasteiger partial charge is 0.506 e. The molecule has 0 atom stereocenters. The van der Waals surface area contributed by atoms with Crippen LogP contribution in [-0.4, -0.2) is 10.1 Å². The Morgan fingerprint density at radius 3 is 2.80 bits per heavy atom. The first-order chi connectivity index (χ1) is 4.74. The Balaban J connectivity index is 3.09. The smallest absolute Gasteiger partial charge is 0.137 e. The topological polar surface area (TPSA) is 33.1 Å². The van der Waals surface area contributed by atoms with Crippen LogP contribution in [-0.2, 0) is 6.42 Å². The van der Waals surface area contributed by atoms with Gasteiger partial charge in [-0.1, -0.05) is 18.5 Å². The van der Waals surface area contributed by atoms with Crippen molar-refractivity contribution in [2.45, 2.75) is 13.3 Å². The van der Waals surface area contributed by atoms with Gasteiger partial charge in [0.2, 0.25) is 0 Å². The predicted molar refractivity (Wildman–Crippen MR) is 40.3 cm³/mol. The van der Waals surface area contributed by atoms with Crippen LogP contribution in [0.2, 0.25) is 5.15 Å². The van der Waals surface area contributed by atoms with Crippen LogP contribution >= 0.6 is 11.6 Å². The van der Waals surface area contributed by atoms with E-state index in [0.29, 0.717) is 17.3 Å². The van der Waals surface area contributed by atoms with Gasteiger partial charge < -0.3 is 5.11 Å². The summed E-state index contributed by atoms with van der Waals surface area (Å²) in [5.74, 6) is 0.215. The number of aryl methyl sites for hydroxylation is 1. The molecule has 1 aromatic heterocycles. The molecular formula is C7H8ClNO. The first-order valence-electron chi connectivity index (χ1n) is 3.08. The Labute approximate surface area is 64.5 Å². The number of aromatic hydroxyl groups is 1. The number of halogens is 1. The molecule has 0 fully saturated rings. The summed E-state index contributed by atoms with van der Waals surface area (Å²) >= 11 is 5.57. The number of aromatic nitrogens is 1. The van der Waals surface area contributed by atoms with Crippen molar-refractivity contribution < 1.29 is 5.11 Å². The zero-order valence-electron chi connectivity index (χ0n) is 5.63. The van der Waals surface area contributed by atoms with Crippen molar-refractivity contribution in [3.8, 4) is 5.75 Å². The average Bonchev–Trinajstić information content (AvgIpc) is 1.94. The van der Waals surface area contributed by atoms with E-state index in [1.165, 1.54) is 0 Å². The van der Waals surface area contributed by atoms with Crippen molar-refractivity contribution in [2.75, 3.05) is 0 Å². The summed E-state index contributed by atoms with van der Waals surface area (Å²) in [5.41, 5.74) is 0.646. The van der Waals surface area contributed by atoms with Crippen LogP contribution in [0.1, 0.15) is 12.6 Å². The Bertz CT molecular complexity index is 237. The molecule has 0 radical (unpaired) electrons. The third-order valence-electron chi connectivity index (χ3n) is 1.25. The second kappa shape index (κ2) is 2.88. The van der Waals surface area contributed by atoms with Crippen molar-refractivity contribution in [2.24, 2.45) is 0 Å². The highest BCUT2D eigenvalue weighted by atomic mass is 35.5. The Hall–Kier alpha value is -0.760. The third-order valence-corrected chi connectivity index (χ3v) is 1.46. The zero-order chi connectivity index (χ0) is 7.56. The average molecular weight is 158 g/mol. The summed E-state index contributed by atoms with van der Waals surface area (Å²) in [5, 5.41) is 9.54. The molecule has 0 spiro atoms. The van der Waals surface area contributed by atoms with Gasteiger partial charge >= 0.3 is 0 Å². The molecule has 0 aliphatic rings. The molecule has 0 aliphatic heterocycles. The monoisotopic (exact) mass is 157 g/mol. The fourth-order valence-corrected chi connectivity index (χ4v) is 0.893. The second-order valence-corrected chi connectivity index (χ2v) is 2.34. The van der Waals surface area contributed by atoms with Gasteiger partial charge in [0, 0.05) is 0 Å². The first kappa shape index (κ1) is 7.35. The number of nitrogens with zero attached hydrogens (tertiary/aromatic N) is 1. The van der Waals surface area contributed by atoms with Crippen LogP contribution in [0.3, 0.4) is 0 Å². The van der Waals surface area contributed by atoms with Gasteiger partial charge in [-0.15, -0.1) is 0 Å². The van der Waals surface area contributed by atoms with E-state index >= 15 is 0 Å². The van der Waals surface area contributed by atoms with Crippen LogP contribution < -0.4 is 0 Å². The number of rotatable bonds is 1. The first-order valence-corrected chi connectivity index (χ1v) is 3.46. The summed E-state index contributed by atoms with van der Waals surface area (Å²) in [6, 6.07) is 3.12. The van der Waals surface area contributed by atoms with Crippen LogP contribution in [0, 0.1) is 0 Å². The van der Waals surface area contributed by atoms with Gasteiger partial charge in [0.25, 0.3) is 0 Å². The van der Waals surface area contributed by atoms with E-state index in [1.54, 1.807) is 12.1 Å². The van der Waals surface area contributed by atoms with Crippen molar-refractivity contribution in [3.63, 3.8) is 0 Å². The lowest BCUT2D eigenvalue weighted by molar-refractivity contribution is 0.465. The molecule has 1 heterocycles. The van der Waals surface area contributed by atoms with Gasteiger partial charge in [0.15, 0.2) is 0 Å². The summed E-state index contributed by atoms with van der Waals surface area (Å²) in [6.45, 7) is 1.92. The van der Waals surface area contributed by atoms with Crippen molar-refractivity contribution >= 4 is 11.6 Å². The van der Waals surface area contributed by atoms with Gasteiger partial charge in [-0.25, -0.2) is 4.98 Å². The molecule has 0 aromatic carbocycles. The van der Waals surface area contributed by atoms with Gasteiger partial charge in [-0.05, 0) is 18.6 Å². The molecule has 0 aliphatic carbocycles. The highest BCUT2D eigenvalue weighted by Gasteiger charge is 1.99. The van der Waals surface area contributed by atoms with E-state index < -0.39 is 0 Å². The fraction of sp³-hybridized carbons (Fsp3) is 0.286. The summed E-state index contributed by atoms with van der Waals surface area (Å²) in [4.78, 5) is 3.91. The van der Waals surface area contributed by atoms with Crippen molar-refractivity contribution in [1.82, 2.24) is 4.98 Å². The van der Waals surface area contributed by atoms with Gasteiger partial charge in [-0.2, -0.15) is 0 Å². The molecule has 0 saturated carbocycles. The Kier molecular flexibility index (Phi) is 2.12. The van der Waals surface area contributed by atoms with E-state index in [0.717, 1.165) is 0 Å². The SMILES string of the molecule is CCc1nc(Cl)ccc1O. The van der Waals surface area contributed by atoms with Crippen LogP contribution in [0.5, 0.6) is 5.75 Å². The summed E-state index contributed by atoms with van der Waals surface area (Å²) in [7, 11) is 0. The fourth-order valence-electron chi connectivity index (χ4n) is 0.728. The molecule has 0 saturated heterocycles. The summed E-state index contributed by atoms with van der Waals surface area (Å²) < 4.78 is 0. The maximum Gasteiger partial charge on any atom is 0.137 e. The lowest BCUT2D eigenvalue weighted by atomic mass is 10.3. The molecule has 2 nitrogen and oxygen atoms in total. The minimum absolute atomic E-state index is 0.215. The van der Waals surface area contributed by atoms with Crippen molar-refractivity contribution in [1.29, 1.82) is 0 Å². The third kappa shape index (κ3) is 1.39. The van der Waals surface area contributed by atoms with Crippen LogP contribution in [0.25, 0.3) is 0 Å². The lowest BCUT2D eigenvalue weighted by Gasteiger charge is -1.98. The predicted octanol–water partition coefficient (Wildman–Crippen LogP) is 2.00. The molecule has 1 aromatic rings. The molecule has 3 heteroatoms. The maximum atomic E-state index is 9.11. The van der Waals surface area contributed by atoms with E-state index in [4.69, 9.17) is 16.7 Å². The van der Waals surface area contributed by atoms with E-state index in [-0.39, 0.29) is 5.75 Å². The Morgan fingerprint density at radius 2 is 2.30 bits per heavy atom. The van der Waals surface area contributed by atoms with Crippen LogP contribution in [0.4, 0.5) is 0 Å². The molecule has 10 heavy (non-hydrogen) atoms. The van der Waals surface area contributed by atoms with Crippen LogP contribution in [0.15, 0.2) is 12.1 Å². The lowest BCUT2D eigenvalue weighted by Crippen LogP contribution is -1.86. The number of hydrogen-bond donors (Lipinski definition) is 1. The second-order valence-electron chi connectivity index (χ2n) is 1.95. The zero-order valence-corrected chi connectivity index (χ0v) is 6.39. The molecule has 0 unspecified atom stereocenters. The number of hydrogen-bond acceptors (Lipinski definition) is 2. The van der Waals surface area contributed by atoms with E-state index in [2.05, 4.69) is 4.98 Å². The van der Waals surface area contributed by atoms with Gasteiger partial charge in [-0.3, -0.25) is 0 Å². The normalized spacial score (nSPS) is 9.80. The standard InChI is InChI=1S/C7H8ClNO/c1-2-5-6(10)3-4-7(8)9-5/h3-4,10H,2H2,1H3. The molecular weight excluding hydrogens is 150 g/mol. The quantitative estimate of drug-likeness (QED) is 0.633. The minimum Gasteiger partial charge on any atom is -0.506 e. The molecule has 1 N–H and O–H groups in total.